The lowest BCUT2D eigenvalue weighted by Crippen LogP contribution is -2.09. The number of hydrogen-bond donors (Lipinski definition) is 2. The van der Waals surface area contributed by atoms with Crippen LogP contribution in [0.4, 0.5) is 0 Å². The number of rotatable bonds is 2. The molecular formula is C10H15NO. The summed E-state index contributed by atoms with van der Waals surface area (Å²) in [5.74, 6) is 0. The van der Waals surface area contributed by atoms with Crippen LogP contribution in [0.1, 0.15) is 22.3 Å². The van der Waals surface area contributed by atoms with Crippen molar-refractivity contribution in [1.82, 2.24) is 5.48 Å². The fourth-order valence-electron chi connectivity index (χ4n) is 1.57. The largest absolute Gasteiger partial charge is 0.316 e. The van der Waals surface area contributed by atoms with Crippen LogP contribution in [0.3, 0.4) is 0 Å². The van der Waals surface area contributed by atoms with E-state index < -0.39 is 0 Å². The standard InChI is InChI=1S/C10H15NO/c1-7-4-8(2)10(6-11-12)9(3)5-7/h4-5,11-12H,6H2,1-3H3. The third-order valence-corrected chi connectivity index (χ3v) is 2.10. The summed E-state index contributed by atoms with van der Waals surface area (Å²) in [6, 6.07) is 4.25. The molecule has 0 aromatic heterocycles. The van der Waals surface area contributed by atoms with Crippen LogP contribution in [0.15, 0.2) is 12.1 Å². The van der Waals surface area contributed by atoms with E-state index in [-0.39, 0.29) is 0 Å². The average molecular weight is 165 g/mol. The maximum Gasteiger partial charge on any atom is 0.0463 e. The molecular weight excluding hydrogens is 150 g/mol. The molecule has 12 heavy (non-hydrogen) atoms. The Morgan fingerprint density at radius 3 is 2.08 bits per heavy atom. The molecule has 1 aromatic carbocycles. The number of nitrogens with one attached hydrogen (secondary N) is 1. The predicted molar refractivity (Wildman–Crippen MR) is 49.3 cm³/mol. The molecule has 2 nitrogen and oxygen atoms in total. The highest BCUT2D eigenvalue weighted by atomic mass is 16.5. The third-order valence-electron chi connectivity index (χ3n) is 2.10. The van der Waals surface area contributed by atoms with Crippen LogP contribution in [-0.2, 0) is 6.54 Å². The van der Waals surface area contributed by atoms with Crippen LogP contribution in [0.2, 0.25) is 0 Å². The van der Waals surface area contributed by atoms with Gasteiger partial charge < -0.3 is 5.21 Å². The van der Waals surface area contributed by atoms with Crippen LogP contribution in [0, 0.1) is 20.8 Å². The lowest BCUT2D eigenvalue weighted by Gasteiger charge is -2.09. The molecule has 1 aromatic rings. The van der Waals surface area contributed by atoms with Gasteiger partial charge in [0.25, 0.3) is 0 Å². The summed E-state index contributed by atoms with van der Waals surface area (Å²) in [5.41, 5.74) is 7.10. The van der Waals surface area contributed by atoms with Gasteiger partial charge in [0.2, 0.25) is 0 Å². The van der Waals surface area contributed by atoms with E-state index in [4.69, 9.17) is 5.21 Å². The molecule has 0 aliphatic rings. The Bertz CT molecular complexity index is 258. The maximum absolute atomic E-state index is 8.59. The van der Waals surface area contributed by atoms with E-state index in [2.05, 4.69) is 38.4 Å². The molecule has 0 atom stereocenters. The van der Waals surface area contributed by atoms with Crippen molar-refractivity contribution in [3.8, 4) is 0 Å². The molecule has 0 radical (unpaired) electrons. The highest BCUT2D eigenvalue weighted by molar-refractivity contribution is 5.37. The summed E-state index contributed by atoms with van der Waals surface area (Å²) in [6.45, 7) is 6.73. The third kappa shape index (κ3) is 1.84. The number of benzene rings is 1. The lowest BCUT2D eigenvalue weighted by molar-refractivity contribution is 0.161. The highest BCUT2D eigenvalue weighted by Gasteiger charge is 2.01. The van der Waals surface area contributed by atoms with E-state index in [1.54, 1.807) is 0 Å². The van der Waals surface area contributed by atoms with E-state index >= 15 is 0 Å². The lowest BCUT2D eigenvalue weighted by atomic mass is 10.0. The number of hydrogen-bond acceptors (Lipinski definition) is 2. The Morgan fingerprint density at radius 1 is 1.17 bits per heavy atom. The van der Waals surface area contributed by atoms with Gasteiger partial charge in [-0.3, -0.25) is 0 Å². The first-order chi connectivity index (χ1) is 5.65. The summed E-state index contributed by atoms with van der Waals surface area (Å²) < 4.78 is 0. The molecule has 0 aliphatic carbocycles. The van der Waals surface area contributed by atoms with Gasteiger partial charge in [0.1, 0.15) is 0 Å². The van der Waals surface area contributed by atoms with Crippen molar-refractivity contribution in [2.75, 3.05) is 0 Å². The fourth-order valence-corrected chi connectivity index (χ4v) is 1.57. The molecule has 0 spiro atoms. The second-order valence-corrected chi connectivity index (χ2v) is 3.21. The molecule has 0 unspecified atom stereocenters. The molecule has 0 amide bonds. The SMILES string of the molecule is Cc1cc(C)c(CNO)c(C)c1. The Morgan fingerprint density at radius 2 is 1.67 bits per heavy atom. The van der Waals surface area contributed by atoms with E-state index in [1.165, 1.54) is 22.3 Å². The first-order valence-electron chi connectivity index (χ1n) is 4.09. The van der Waals surface area contributed by atoms with Crippen molar-refractivity contribution in [2.24, 2.45) is 0 Å². The quantitative estimate of drug-likeness (QED) is 0.658. The summed E-state index contributed by atoms with van der Waals surface area (Å²) in [6.07, 6.45) is 0. The first-order valence-corrected chi connectivity index (χ1v) is 4.09. The zero-order valence-electron chi connectivity index (χ0n) is 7.81. The van der Waals surface area contributed by atoms with Gasteiger partial charge in [-0.1, -0.05) is 17.7 Å². The fraction of sp³-hybridized carbons (Fsp3) is 0.400. The molecule has 1 rings (SSSR count). The van der Waals surface area contributed by atoms with Gasteiger partial charge in [0, 0.05) is 6.54 Å². The van der Waals surface area contributed by atoms with Crippen molar-refractivity contribution in [3.63, 3.8) is 0 Å². The zero-order valence-corrected chi connectivity index (χ0v) is 7.81. The van der Waals surface area contributed by atoms with Crippen LogP contribution >= 0.6 is 0 Å². The Labute approximate surface area is 73.2 Å². The van der Waals surface area contributed by atoms with Gasteiger partial charge in [-0.15, -0.1) is 0 Å². The van der Waals surface area contributed by atoms with Crippen LogP contribution in [-0.4, -0.2) is 5.21 Å². The van der Waals surface area contributed by atoms with Crippen molar-refractivity contribution >= 4 is 0 Å². The van der Waals surface area contributed by atoms with Gasteiger partial charge in [-0.05, 0) is 37.5 Å². The number of hydroxylamine groups is 1. The van der Waals surface area contributed by atoms with Gasteiger partial charge in [0.15, 0.2) is 0 Å². The van der Waals surface area contributed by atoms with Crippen molar-refractivity contribution in [1.29, 1.82) is 0 Å². The van der Waals surface area contributed by atoms with Crippen molar-refractivity contribution in [3.05, 3.63) is 34.4 Å². The van der Waals surface area contributed by atoms with Crippen LogP contribution in [0.5, 0.6) is 0 Å². The average Bonchev–Trinajstić information content (AvgIpc) is 1.96. The molecule has 0 heterocycles. The maximum atomic E-state index is 8.59. The van der Waals surface area contributed by atoms with Gasteiger partial charge >= 0.3 is 0 Å². The molecule has 2 heteroatoms. The first kappa shape index (κ1) is 9.23. The minimum atomic E-state index is 0.526. The van der Waals surface area contributed by atoms with Gasteiger partial charge in [-0.2, -0.15) is 0 Å². The molecule has 66 valence electrons. The second-order valence-electron chi connectivity index (χ2n) is 3.21. The Hall–Kier alpha value is -0.860. The van der Waals surface area contributed by atoms with Gasteiger partial charge in [0.05, 0.1) is 0 Å². The minimum absolute atomic E-state index is 0.526. The predicted octanol–water partition coefficient (Wildman–Crippen LogP) is 2.09. The highest BCUT2D eigenvalue weighted by Crippen LogP contribution is 2.15. The van der Waals surface area contributed by atoms with E-state index in [1.807, 2.05) is 0 Å². The minimum Gasteiger partial charge on any atom is -0.316 e. The molecule has 0 aliphatic heterocycles. The summed E-state index contributed by atoms with van der Waals surface area (Å²) in [4.78, 5) is 0. The zero-order chi connectivity index (χ0) is 9.14. The van der Waals surface area contributed by atoms with E-state index in [0.717, 1.165) is 0 Å². The topological polar surface area (TPSA) is 32.3 Å². The second kappa shape index (κ2) is 3.70. The molecule has 2 N–H and O–H groups in total. The summed E-state index contributed by atoms with van der Waals surface area (Å²) in [7, 11) is 0. The molecule has 0 saturated carbocycles. The molecule has 0 saturated heterocycles. The van der Waals surface area contributed by atoms with Gasteiger partial charge in [-0.25, -0.2) is 5.48 Å². The molecule has 0 bridgehead atoms. The summed E-state index contributed by atoms with van der Waals surface area (Å²) in [5, 5.41) is 8.59. The van der Waals surface area contributed by atoms with Crippen LogP contribution < -0.4 is 5.48 Å². The van der Waals surface area contributed by atoms with E-state index in [0.29, 0.717) is 6.54 Å². The Balaban J connectivity index is 3.10. The normalized spacial score (nSPS) is 10.3. The number of aryl methyl sites for hydroxylation is 3. The summed E-state index contributed by atoms with van der Waals surface area (Å²) >= 11 is 0. The Kier molecular flexibility index (Phi) is 2.84. The van der Waals surface area contributed by atoms with E-state index in [9.17, 15) is 0 Å². The monoisotopic (exact) mass is 165 g/mol. The smallest absolute Gasteiger partial charge is 0.0463 e. The van der Waals surface area contributed by atoms with Crippen LogP contribution in [0.25, 0.3) is 0 Å². The van der Waals surface area contributed by atoms with Crippen molar-refractivity contribution < 1.29 is 5.21 Å². The van der Waals surface area contributed by atoms with Crippen molar-refractivity contribution in [2.45, 2.75) is 27.3 Å². The molecule has 0 fully saturated rings.